The summed E-state index contributed by atoms with van der Waals surface area (Å²) >= 11 is 2.98. The molecule has 0 radical (unpaired) electrons. The third kappa shape index (κ3) is 3.08. The lowest BCUT2D eigenvalue weighted by Gasteiger charge is -2.14. The molecule has 2 aromatic heterocycles. The molecule has 2 heterocycles. The highest BCUT2D eigenvalue weighted by Crippen LogP contribution is 2.24. The predicted molar refractivity (Wildman–Crippen MR) is 90.2 cm³/mol. The predicted octanol–water partition coefficient (Wildman–Crippen LogP) is 3.85. The van der Waals surface area contributed by atoms with Crippen LogP contribution in [0.4, 0.5) is 0 Å². The molecule has 0 N–H and O–H groups in total. The molecule has 1 aromatic carbocycles. The number of hydrogen-bond donors (Lipinski definition) is 0. The average molecular weight is 329 g/mol. The fourth-order valence-electron chi connectivity index (χ4n) is 2.09. The molecule has 0 unspecified atom stereocenters. The van der Waals surface area contributed by atoms with Crippen molar-refractivity contribution in [1.82, 2.24) is 14.9 Å². The number of thiazole rings is 2. The van der Waals surface area contributed by atoms with Crippen molar-refractivity contribution < 1.29 is 4.79 Å². The van der Waals surface area contributed by atoms with Gasteiger partial charge in [-0.15, -0.1) is 22.7 Å². The van der Waals surface area contributed by atoms with Crippen molar-refractivity contribution in [1.29, 1.82) is 0 Å². The van der Waals surface area contributed by atoms with E-state index in [1.807, 2.05) is 42.6 Å². The number of carbonyl (C=O) groups is 1. The van der Waals surface area contributed by atoms with Crippen molar-refractivity contribution in [3.63, 3.8) is 0 Å². The summed E-state index contributed by atoms with van der Waals surface area (Å²) in [6, 6.07) is 10.1. The Hall–Kier alpha value is -2.05. The van der Waals surface area contributed by atoms with Gasteiger partial charge in [-0.1, -0.05) is 30.3 Å². The van der Waals surface area contributed by atoms with E-state index in [0.29, 0.717) is 11.4 Å². The van der Waals surface area contributed by atoms with E-state index in [4.69, 9.17) is 0 Å². The van der Waals surface area contributed by atoms with Gasteiger partial charge in [-0.25, -0.2) is 9.97 Å². The molecule has 0 aliphatic carbocycles. The van der Waals surface area contributed by atoms with Crippen molar-refractivity contribution in [2.75, 3.05) is 7.05 Å². The second-order valence-corrected chi connectivity index (χ2v) is 6.65. The Labute approximate surface area is 137 Å². The molecule has 0 saturated heterocycles. The van der Waals surface area contributed by atoms with E-state index in [2.05, 4.69) is 9.97 Å². The first kappa shape index (κ1) is 14.9. The van der Waals surface area contributed by atoms with Gasteiger partial charge in [0.25, 0.3) is 5.91 Å². The van der Waals surface area contributed by atoms with Gasteiger partial charge in [-0.2, -0.15) is 0 Å². The third-order valence-electron chi connectivity index (χ3n) is 3.26. The van der Waals surface area contributed by atoms with Gasteiger partial charge in [0.15, 0.2) is 0 Å². The van der Waals surface area contributed by atoms with Crippen LogP contribution in [0.5, 0.6) is 0 Å². The molecular formula is C16H15N3OS2. The van der Waals surface area contributed by atoms with Gasteiger partial charge in [0.05, 0.1) is 23.4 Å². The fourth-order valence-corrected chi connectivity index (χ4v) is 3.70. The molecule has 6 heteroatoms. The molecule has 3 aromatic rings. The van der Waals surface area contributed by atoms with Crippen LogP contribution in [0.3, 0.4) is 0 Å². The van der Waals surface area contributed by atoms with Crippen LogP contribution in [0.25, 0.3) is 10.6 Å². The first-order valence-electron chi connectivity index (χ1n) is 6.80. The topological polar surface area (TPSA) is 46.1 Å². The zero-order valence-corrected chi connectivity index (χ0v) is 13.9. The average Bonchev–Trinajstić information content (AvgIpc) is 3.16. The van der Waals surface area contributed by atoms with Crippen LogP contribution in [0, 0.1) is 6.92 Å². The zero-order valence-electron chi connectivity index (χ0n) is 12.3. The number of carbonyl (C=O) groups excluding carboxylic acids is 1. The van der Waals surface area contributed by atoms with E-state index in [1.165, 1.54) is 11.3 Å². The van der Waals surface area contributed by atoms with Crippen LogP contribution in [0.15, 0.2) is 41.2 Å². The van der Waals surface area contributed by atoms with Gasteiger partial charge in [0, 0.05) is 18.0 Å². The van der Waals surface area contributed by atoms with Crippen LogP contribution in [-0.4, -0.2) is 27.8 Å². The summed E-state index contributed by atoms with van der Waals surface area (Å²) in [6.45, 7) is 2.35. The van der Waals surface area contributed by atoms with Crippen molar-refractivity contribution >= 4 is 28.6 Å². The Bertz CT molecular complexity index is 780. The molecule has 0 atom stereocenters. The maximum Gasteiger partial charge on any atom is 0.265 e. The smallest absolute Gasteiger partial charge is 0.265 e. The van der Waals surface area contributed by atoms with Gasteiger partial charge < -0.3 is 4.90 Å². The molecular weight excluding hydrogens is 314 g/mol. The molecule has 112 valence electrons. The van der Waals surface area contributed by atoms with Crippen molar-refractivity contribution in [3.8, 4) is 10.6 Å². The minimum Gasteiger partial charge on any atom is -0.335 e. The Balaban J connectivity index is 1.73. The van der Waals surface area contributed by atoms with Crippen molar-refractivity contribution in [2.45, 2.75) is 13.5 Å². The first-order chi connectivity index (χ1) is 10.6. The lowest BCUT2D eigenvalue weighted by atomic mass is 10.2. The maximum atomic E-state index is 12.4. The maximum absolute atomic E-state index is 12.4. The SMILES string of the molecule is Cc1ncsc1C(=O)N(C)Cc1csc(-c2ccccc2)n1. The van der Waals surface area contributed by atoms with Crippen molar-refractivity contribution in [2.24, 2.45) is 0 Å². The molecule has 0 fully saturated rings. The highest BCUT2D eigenvalue weighted by molar-refractivity contribution is 7.13. The lowest BCUT2D eigenvalue weighted by Crippen LogP contribution is -2.26. The number of benzene rings is 1. The van der Waals surface area contributed by atoms with Gasteiger partial charge in [-0.05, 0) is 6.92 Å². The van der Waals surface area contributed by atoms with E-state index < -0.39 is 0 Å². The molecule has 0 aliphatic heterocycles. The number of nitrogens with zero attached hydrogens (tertiary/aromatic N) is 3. The largest absolute Gasteiger partial charge is 0.335 e. The third-order valence-corrected chi connectivity index (χ3v) is 5.11. The quantitative estimate of drug-likeness (QED) is 0.730. The van der Waals surface area contributed by atoms with Crippen molar-refractivity contribution in [3.05, 3.63) is 57.5 Å². The first-order valence-corrected chi connectivity index (χ1v) is 8.56. The number of amides is 1. The normalized spacial score (nSPS) is 10.6. The number of hydrogen-bond acceptors (Lipinski definition) is 5. The minimum atomic E-state index is -0.00531. The van der Waals surface area contributed by atoms with Crippen LogP contribution in [0.2, 0.25) is 0 Å². The Morgan fingerprint density at radius 1 is 1.23 bits per heavy atom. The van der Waals surface area contributed by atoms with Crippen LogP contribution in [0.1, 0.15) is 21.1 Å². The lowest BCUT2D eigenvalue weighted by molar-refractivity contribution is 0.0787. The number of aryl methyl sites for hydroxylation is 1. The Kier molecular flexibility index (Phi) is 4.31. The molecule has 0 saturated carbocycles. The summed E-state index contributed by atoms with van der Waals surface area (Å²) in [6.07, 6.45) is 0. The van der Waals surface area contributed by atoms with E-state index in [0.717, 1.165) is 22.0 Å². The second-order valence-electron chi connectivity index (χ2n) is 4.94. The monoisotopic (exact) mass is 329 g/mol. The number of aromatic nitrogens is 2. The van der Waals surface area contributed by atoms with Crippen LogP contribution in [-0.2, 0) is 6.54 Å². The summed E-state index contributed by atoms with van der Waals surface area (Å²) in [5, 5.41) is 2.98. The van der Waals surface area contributed by atoms with Gasteiger partial charge in [0.1, 0.15) is 9.88 Å². The summed E-state index contributed by atoms with van der Waals surface area (Å²) in [7, 11) is 1.79. The van der Waals surface area contributed by atoms with E-state index >= 15 is 0 Å². The molecule has 22 heavy (non-hydrogen) atoms. The molecule has 4 nitrogen and oxygen atoms in total. The van der Waals surface area contributed by atoms with E-state index in [-0.39, 0.29) is 5.91 Å². The summed E-state index contributed by atoms with van der Waals surface area (Å²) in [4.78, 5) is 23.5. The minimum absolute atomic E-state index is 0.00531. The van der Waals surface area contributed by atoms with Gasteiger partial charge >= 0.3 is 0 Å². The van der Waals surface area contributed by atoms with Gasteiger partial charge in [-0.3, -0.25) is 4.79 Å². The van der Waals surface area contributed by atoms with Gasteiger partial charge in [0.2, 0.25) is 0 Å². The molecule has 0 spiro atoms. The fraction of sp³-hybridized carbons (Fsp3) is 0.188. The molecule has 1 amide bonds. The molecule has 0 aliphatic rings. The summed E-state index contributed by atoms with van der Waals surface area (Å²) < 4.78 is 0. The summed E-state index contributed by atoms with van der Waals surface area (Å²) in [5.41, 5.74) is 4.49. The van der Waals surface area contributed by atoms with E-state index in [1.54, 1.807) is 28.8 Å². The molecule has 3 rings (SSSR count). The molecule has 0 bridgehead atoms. The second kappa shape index (κ2) is 6.37. The Morgan fingerprint density at radius 2 is 2.00 bits per heavy atom. The summed E-state index contributed by atoms with van der Waals surface area (Å²) in [5.74, 6) is -0.00531. The standard InChI is InChI=1S/C16H15N3OS2/c1-11-14(22-10-17-11)16(20)19(2)8-13-9-21-15(18-13)12-6-4-3-5-7-12/h3-7,9-10H,8H2,1-2H3. The highest BCUT2D eigenvalue weighted by atomic mass is 32.1. The van der Waals surface area contributed by atoms with E-state index in [9.17, 15) is 4.79 Å². The Morgan fingerprint density at radius 3 is 2.68 bits per heavy atom. The van der Waals surface area contributed by atoms with Crippen LogP contribution >= 0.6 is 22.7 Å². The number of rotatable bonds is 4. The highest BCUT2D eigenvalue weighted by Gasteiger charge is 2.17. The zero-order chi connectivity index (χ0) is 15.5. The van der Waals surface area contributed by atoms with Crippen LogP contribution < -0.4 is 0 Å².